The highest BCUT2D eigenvalue weighted by Crippen LogP contribution is 2.36. The number of quaternary nitrogens is 1. The Morgan fingerprint density at radius 3 is 2.10 bits per heavy atom. The molecular weight excluding hydrogens is 638 g/mol. The van der Waals surface area contributed by atoms with Crippen molar-refractivity contribution in [3.8, 4) is 0 Å². The number of urea groups is 1. The fourth-order valence-electron chi connectivity index (χ4n) is 6.05. The molecule has 4 N–H and O–H groups in total. The van der Waals surface area contributed by atoms with Gasteiger partial charge in [-0.05, 0) is 69.0 Å². The van der Waals surface area contributed by atoms with Crippen molar-refractivity contribution >= 4 is 44.9 Å². The molecule has 1 fully saturated rings. The van der Waals surface area contributed by atoms with Crippen LogP contribution in [0.3, 0.4) is 0 Å². The molecule has 0 saturated carbocycles. The first kappa shape index (κ1) is 36.8. The lowest BCUT2D eigenvalue weighted by atomic mass is 9.95. The third kappa shape index (κ3) is 6.93. The van der Waals surface area contributed by atoms with E-state index < -0.39 is 73.7 Å². The van der Waals surface area contributed by atoms with Crippen molar-refractivity contribution in [2.45, 2.75) is 90.8 Å². The predicted octanol–water partition coefficient (Wildman–Crippen LogP) is 4.13. The highest BCUT2D eigenvalue weighted by atomic mass is 32.2. The molecule has 5 atom stereocenters. The van der Waals surface area contributed by atoms with Gasteiger partial charge in [0.2, 0.25) is 15.9 Å². The average molecular weight is 685 g/mol. The van der Waals surface area contributed by atoms with E-state index in [0.29, 0.717) is 23.9 Å². The molecule has 0 radical (unpaired) electrons. The van der Waals surface area contributed by atoms with Gasteiger partial charge in [-0.15, -0.1) is 0 Å². The molecule has 2 heterocycles. The van der Waals surface area contributed by atoms with E-state index in [4.69, 9.17) is 10.2 Å². The van der Waals surface area contributed by atoms with Crippen LogP contribution in [0.1, 0.15) is 94.0 Å². The van der Waals surface area contributed by atoms with Gasteiger partial charge in [0.1, 0.15) is 17.6 Å². The van der Waals surface area contributed by atoms with Gasteiger partial charge in [0.25, 0.3) is 11.8 Å². The van der Waals surface area contributed by atoms with Crippen LogP contribution in [0.15, 0.2) is 52.9 Å². The molecule has 0 aliphatic carbocycles. The number of oxazole rings is 1. The van der Waals surface area contributed by atoms with E-state index in [-0.39, 0.29) is 29.5 Å². The van der Waals surface area contributed by atoms with Crippen LogP contribution in [-0.4, -0.2) is 81.6 Å². The molecular formula is C34H46N5O8S+. The van der Waals surface area contributed by atoms with Crippen molar-refractivity contribution in [1.29, 1.82) is 0 Å². The van der Waals surface area contributed by atoms with Gasteiger partial charge in [-0.3, -0.25) is 9.59 Å². The van der Waals surface area contributed by atoms with Crippen LogP contribution in [0.4, 0.5) is 4.79 Å². The van der Waals surface area contributed by atoms with Gasteiger partial charge in [0, 0.05) is 24.0 Å². The number of benzene rings is 2. The van der Waals surface area contributed by atoms with Crippen LogP contribution in [0.25, 0.3) is 11.1 Å². The summed E-state index contributed by atoms with van der Waals surface area (Å²) in [6, 6.07) is 8.44. The molecule has 48 heavy (non-hydrogen) atoms. The van der Waals surface area contributed by atoms with Gasteiger partial charge in [0.05, 0.1) is 17.8 Å². The second-order valence-electron chi connectivity index (χ2n) is 13.5. The zero-order chi connectivity index (χ0) is 35.7. The first-order valence-electron chi connectivity index (χ1n) is 16.2. The van der Waals surface area contributed by atoms with Crippen LogP contribution in [0, 0.1) is 11.8 Å². The minimum absolute atomic E-state index is 0.0321. The summed E-state index contributed by atoms with van der Waals surface area (Å²) in [5.41, 5.74) is 7.18. The lowest BCUT2D eigenvalue weighted by molar-refractivity contribution is -0.789. The Kier molecular flexibility index (Phi) is 10.9. The topological polar surface area (TPSA) is 190 Å². The van der Waals surface area contributed by atoms with E-state index >= 15 is 4.79 Å². The number of aliphatic hydroxyl groups excluding tert-OH is 1. The first-order valence-corrected chi connectivity index (χ1v) is 17.7. The molecule has 1 saturated heterocycles. The lowest BCUT2D eigenvalue weighted by Crippen LogP contribution is -2.70. The van der Waals surface area contributed by atoms with Gasteiger partial charge in [0.15, 0.2) is 11.7 Å². The number of likely N-dealkylation sites (tertiary alicyclic amines) is 1. The Bertz CT molecular complexity index is 1750. The second-order valence-corrected chi connectivity index (χ2v) is 15.7. The van der Waals surface area contributed by atoms with E-state index in [1.807, 2.05) is 4.72 Å². The molecule has 5 amide bonds. The maximum atomic E-state index is 15.0. The van der Waals surface area contributed by atoms with Gasteiger partial charge >= 0.3 is 11.9 Å². The molecule has 1 aromatic heterocycles. The van der Waals surface area contributed by atoms with E-state index in [9.17, 15) is 27.9 Å². The summed E-state index contributed by atoms with van der Waals surface area (Å²) in [7, 11) is -3.91. The molecule has 14 heteroatoms. The fourth-order valence-corrected chi connectivity index (χ4v) is 6.66. The summed E-state index contributed by atoms with van der Waals surface area (Å²) in [4.78, 5) is 61.8. The number of hydrogen-bond donors (Lipinski definition) is 3. The van der Waals surface area contributed by atoms with E-state index in [0.717, 1.165) is 4.90 Å². The van der Waals surface area contributed by atoms with Crippen molar-refractivity contribution in [3.63, 3.8) is 0 Å². The number of hydrogen-bond acceptors (Lipinski definition) is 10. The summed E-state index contributed by atoms with van der Waals surface area (Å²) in [6.07, 6.45) is -0.509. The number of rotatable bonds is 10. The molecule has 0 spiro atoms. The summed E-state index contributed by atoms with van der Waals surface area (Å²) >= 11 is 0. The normalized spacial score (nSPS) is 20.2. The fraction of sp³-hybridized carbons (Fsp3) is 0.500. The zero-order valence-electron chi connectivity index (χ0n) is 28.4. The molecule has 13 nitrogen and oxygen atoms in total. The standard InChI is InChI=1S/C34H45N5O8S/c1-19(2)27(35)33(43)39(18-10-11-22(39)7)34(44)38(28(20(3)4)29(40)31-36-25-12-8-9-13-26(25)47-31)32(42)24-16-14-23(15-17-24)30(41)37-48(45,46)21(5)6/h8-9,12-17,19-22,27-29,40H,10-11,18,35H2,1-7H3/p+1/t22-,27+,28?,29?,39?/m1/s1. The number of nitrogens with two attached hydrogens (primary N) is 1. The predicted molar refractivity (Wildman–Crippen MR) is 179 cm³/mol. The Labute approximate surface area is 281 Å². The third-order valence-corrected chi connectivity index (χ3v) is 10.9. The Morgan fingerprint density at radius 2 is 1.58 bits per heavy atom. The van der Waals surface area contributed by atoms with Crippen molar-refractivity contribution in [2.24, 2.45) is 17.6 Å². The molecule has 3 unspecified atom stereocenters. The zero-order valence-corrected chi connectivity index (χ0v) is 29.2. The number of aromatic nitrogens is 1. The van der Waals surface area contributed by atoms with E-state index in [2.05, 4.69) is 4.98 Å². The maximum absolute atomic E-state index is 15.0. The highest BCUT2D eigenvalue weighted by molar-refractivity contribution is 7.90. The number of sulfonamides is 1. The molecule has 2 aromatic carbocycles. The SMILES string of the molecule is CC(C)C(C(O)c1nc2ccccc2o1)N(C(=O)c1ccc(C(=O)NS(=O)(=O)C(C)C)cc1)C(=O)[N+]1(C(=O)[C@@H](N)C(C)C)CCC[C@H]1C. The van der Waals surface area contributed by atoms with Crippen LogP contribution in [-0.2, 0) is 14.8 Å². The summed E-state index contributed by atoms with van der Waals surface area (Å²) in [6.45, 7) is 11.8. The Balaban J connectivity index is 1.84. The van der Waals surface area contributed by atoms with E-state index in [1.165, 1.54) is 38.1 Å². The molecule has 4 rings (SSSR count). The van der Waals surface area contributed by atoms with Crippen LogP contribution in [0.2, 0.25) is 0 Å². The van der Waals surface area contributed by atoms with Crippen molar-refractivity contribution in [2.75, 3.05) is 6.54 Å². The van der Waals surface area contributed by atoms with Gasteiger partial charge < -0.3 is 15.3 Å². The number of aliphatic hydroxyl groups is 1. The monoisotopic (exact) mass is 684 g/mol. The summed E-state index contributed by atoms with van der Waals surface area (Å²) in [5.74, 6) is -3.19. The number of nitrogens with one attached hydrogen (secondary N) is 1. The minimum atomic E-state index is -3.91. The van der Waals surface area contributed by atoms with Crippen molar-refractivity contribution in [1.82, 2.24) is 14.6 Å². The second kappa shape index (κ2) is 14.2. The molecule has 3 aromatic rings. The number of carbonyl (C=O) groups excluding carboxylic acids is 4. The number of imide groups is 2. The summed E-state index contributed by atoms with van der Waals surface area (Å²) < 4.78 is 31.7. The highest BCUT2D eigenvalue weighted by Gasteiger charge is 2.59. The maximum Gasteiger partial charge on any atom is 0.434 e. The largest absolute Gasteiger partial charge is 0.438 e. The molecule has 1 aliphatic rings. The molecule has 260 valence electrons. The third-order valence-electron chi connectivity index (χ3n) is 9.17. The Hall–Kier alpha value is -3.98. The van der Waals surface area contributed by atoms with Crippen molar-refractivity contribution in [3.05, 3.63) is 65.5 Å². The smallest absolute Gasteiger partial charge is 0.434 e. The van der Waals surface area contributed by atoms with Crippen LogP contribution in [0.5, 0.6) is 0 Å². The molecule has 1 aliphatic heterocycles. The van der Waals surface area contributed by atoms with E-state index in [1.54, 1.807) is 58.9 Å². The Morgan fingerprint density at radius 1 is 0.979 bits per heavy atom. The number of fused-ring (bicyclic) bond motifs is 1. The van der Waals surface area contributed by atoms with Crippen LogP contribution < -0.4 is 10.5 Å². The number of amides is 5. The quantitative estimate of drug-likeness (QED) is 0.262. The van der Waals surface area contributed by atoms with Crippen LogP contribution >= 0.6 is 0 Å². The number of para-hydroxylation sites is 2. The van der Waals surface area contributed by atoms with Gasteiger partial charge in [-0.25, -0.2) is 32.6 Å². The average Bonchev–Trinajstić information content (AvgIpc) is 3.65. The van der Waals surface area contributed by atoms with Crippen molar-refractivity contribution < 1.29 is 41.6 Å². The van der Waals surface area contributed by atoms with Gasteiger partial charge in [-0.2, -0.15) is 4.48 Å². The first-order chi connectivity index (χ1) is 22.4. The number of nitrogens with zero attached hydrogens (tertiary/aromatic N) is 3. The molecule has 0 bridgehead atoms. The minimum Gasteiger partial charge on any atom is -0.438 e. The van der Waals surface area contributed by atoms with Gasteiger partial charge in [-0.1, -0.05) is 39.8 Å². The lowest BCUT2D eigenvalue weighted by Gasteiger charge is -2.42. The summed E-state index contributed by atoms with van der Waals surface area (Å²) in [5, 5.41) is 11.0. The number of carbonyl (C=O) groups is 4.